The van der Waals surface area contributed by atoms with E-state index in [4.69, 9.17) is 25.4 Å². The average Bonchev–Trinajstić information content (AvgIpc) is 2.14. The molecular weight excluding hydrogens is 207 g/mol. The van der Waals surface area contributed by atoms with E-state index < -0.39 is 6.72 Å². The summed E-state index contributed by atoms with van der Waals surface area (Å²) >= 11 is 5.08. The summed E-state index contributed by atoms with van der Waals surface area (Å²) in [5.41, 5.74) is 0. The number of hydrogen-bond donors (Lipinski definition) is 0. The summed E-state index contributed by atoms with van der Waals surface area (Å²) in [5, 5.41) is 0. The summed E-state index contributed by atoms with van der Waals surface area (Å²) in [7, 11) is 3.05. The molecule has 1 atom stereocenters. The lowest BCUT2D eigenvalue weighted by Crippen LogP contribution is -2.07. The topological polar surface area (TPSA) is 27.7 Å². The fraction of sp³-hybridized carbons (Fsp3) is 1.00. The first-order valence-electron chi connectivity index (χ1n) is 4.48. The van der Waals surface area contributed by atoms with Crippen molar-refractivity contribution < 1.29 is 13.6 Å². The SMILES string of the molecule is CCCCC(C)OP(=S)(OC)OC. The van der Waals surface area contributed by atoms with Gasteiger partial charge in [-0.1, -0.05) is 19.8 Å². The fourth-order valence-corrected chi connectivity index (χ4v) is 2.23. The molecule has 0 fully saturated rings. The summed E-state index contributed by atoms with van der Waals surface area (Å²) in [6.45, 7) is 1.70. The van der Waals surface area contributed by atoms with Crippen molar-refractivity contribution in [3.05, 3.63) is 0 Å². The normalized spacial score (nSPS) is 14.5. The second-order valence-electron chi connectivity index (χ2n) is 2.87. The van der Waals surface area contributed by atoms with Crippen molar-refractivity contribution >= 4 is 18.5 Å². The fourth-order valence-electron chi connectivity index (χ4n) is 0.925. The monoisotopic (exact) mass is 226 g/mol. The third-order valence-corrected chi connectivity index (χ3v) is 4.39. The lowest BCUT2D eigenvalue weighted by atomic mass is 10.2. The van der Waals surface area contributed by atoms with Gasteiger partial charge in [0.2, 0.25) is 0 Å². The zero-order valence-corrected chi connectivity index (χ0v) is 10.5. The summed E-state index contributed by atoms with van der Waals surface area (Å²) in [6.07, 6.45) is 3.42. The molecule has 0 aliphatic rings. The highest BCUT2D eigenvalue weighted by Crippen LogP contribution is 2.49. The van der Waals surface area contributed by atoms with Gasteiger partial charge in [-0.05, 0) is 25.2 Å². The van der Waals surface area contributed by atoms with Crippen molar-refractivity contribution in [2.45, 2.75) is 39.2 Å². The maximum absolute atomic E-state index is 5.52. The smallest absolute Gasteiger partial charge is 0.312 e. The first kappa shape index (κ1) is 13.5. The van der Waals surface area contributed by atoms with Crippen molar-refractivity contribution in [1.82, 2.24) is 0 Å². The average molecular weight is 226 g/mol. The predicted molar refractivity (Wildman–Crippen MR) is 58.4 cm³/mol. The Morgan fingerprint density at radius 3 is 2.23 bits per heavy atom. The van der Waals surface area contributed by atoms with Gasteiger partial charge in [-0.2, -0.15) is 0 Å². The molecule has 0 saturated heterocycles. The molecule has 80 valence electrons. The van der Waals surface area contributed by atoms with Gasteiger partial charge in [0.1, 0.15) is 0 Å². The van der Waals surface area contributed by atoms with Gasteiger partial charge in [0.05, 0.1) is 6.10 Å². The Labute approximate surface area is 86.0 Å². The molecule has 0 saturated carbocycles. The van der Waals surface area contributed by atoms with Crippen LogP contribution < -0.4 is 0 Å². The molecule has 0 aliphatic heterocycles. The summed E-state index contributed by atoms with van der Waals surface area (Å²) in [5.74, 6) is 0. The van der Waals surface area contributed by atoms with Crippen molar-refractivity contribution in [1.29, 1.82) is 0 Å². The minimum Gasteiger partial charge on any atom is -0.312 e. The third-order valence-electron chi connectivity index (χ3n) is 1.72. The van der Waals surface area contributed by atoms with Crippen molar-refractivity contribution in [3.63, 3.8) is 0 Å². The van der Waals surface area contributed by atoms with Crippen LogP contribution in [0.3, 0.4) is 0 Å². The second kappa shape index (κ2) is 6.91. The Morgan fingerprint density at radius 1 is 1.31 bits per heavy atom. The van der Waals surface area contributed by atoms with E-state index in [0.29, 0.717) is 0 Å². The molecule has 3 nitrogen and oxygen atoms in total. The van der Waals surface area contributed by atoms with Crippen LogP contribution in [-0.4, -0.2) is 20.3 Å². The lowest BCUT2D eigenvalue weighted by Gasteiger charge is -2.21. The van der Waals surface area contributed by atoms with Crippen molar-refractivity contribution in [2.24, 2.45) is 0 Å². The maximum Gasteiger partial charge on any atom is 0.326 e. The van der Waals surface area contributed by atoms with E-state index in [2.05, 4.69) is 6.92 Å². The molecule has 0 heterocycles. The van der Waals surface area contributed by atoms with Gasteiger partial charge in [0.25, 0.3) is 0 Å². The molecule has 1 unspecified atom stereocenters. The quantitative estimate of drug-likeness (QED) is 0.623. The molecular formula is C8H19O3PS. The molecule has 0 aromatic heterocycles. The van der Waals surface area contributed by atoms with Crippen LogP contribution in [0.2, 0.25) is 0 Å². The Balaban J connectivity index is 3.87. The lowest BCUT2D eigenvalue weighted by molar-refractivity contribution is 0.145. The van der Waals surface area contributed by atoms with Crippen LogP contribution in [0.25, 0.3) is 0 Å². The van der Waals surface area contributed by atoms with Crippen LogP contribution in [-0.2, 0) is 25.4 Å². The van der Waals surface area contributed by atoms with Crippen LogP contribution in [0.4, 0.5) is 0 Å². The Kier molecular flexibility index (Phi) is 7.19. The highest BCUT2D eigenvalue weighted by Gasteiger charge is 2.19. The first-order chi connectivity index (χ1) is 6.08. The maximum atomic E-state index is 5.52. The Hall–Kier alpha value is 0.530. The van der Waals surface area contributed by atoms with Gasteiger partial charge in [-0.3, -0.25) is 0 Å². The standard InChI is InChI=1S/C8H19O3PS/c1-5-6-7-8(2)11-12(13,9-3)10-4/h8H,5-7H2,1-4H3. The van der Waals surface area contributed by atoms with E-state index in [9.17, 15) is 0 Å². The van der Waals surface area contributed by atoms with Crippen LogP contribution in [0.15, 0.2) is 0 Å². The second-order valence-corrected chi connectivity index (χ2v) is 6.05. The van der Waals surface area contributed by atoms with E-state index in [1.807, 2.05) is 6.92 Å². The molecule has 0 aliphatic carbocycles. The summed E-state index contributed by atoms with van der Waals surface area (Å²) in [6, 6.07) is 0. The molecule has 0 aromatic carbocycles. The van der Waals surface area contributed by atoms with Crippen LogP contribution in [0.5, 0.6) is 0 Å². The molecule has 5 heteroatoms. The zero-order valence-electron chi connectivity index (χ0n) is 8.78. The summed E-state index contributed by atoms with van der Waals surface area (Å²) in [4.78, 5) is 0. The highest BCUT2D eigenvalue weighted by molar-refractivity contribution is 8.07. The predicted octanol–water partition coefficient (Wildman–Crippen LogP) is 3.10. The number of rotatable bonds is 7. The third kappa shape index (κ3) is 5.76. The van der Waals surface area contributed by atoms with Gasteiger partial charge in [-0.15, -0.1) is 0 Å². The van der Waals surface area contributed by atoms with Crippen molar-refractivity contribution in [2.75, 3.05) is 14.2 Å². The number of hydrogen-bond acceptors (Lipinski definition) is 4. The van der Waals surface area contributed by atoms with Crippen LogP contribution >= 0.6 is 6.72 Å². The highest BCUT2D eigenvalue weighted by atomic mass is 32.5. The Morgan fingerprint density at radius 2 is 1.85 bits per heavy atom. The minimum atomic E-state index is -2.44. The molecule has 0 radical (unpaired) electrons. The van der Waals surface area contributed by atoms with E-state index in [0.717, 1.165) is 19.3 Å². The molecule has 0 rings (SSSR count). The van der Waals surface area contributed by atoms with Gasteiger partial charge in [0.15, 0.2) is 0 Å². The van der Waals surface area contributed by atoms with Gasteiger partial charge >= 0.3 is 6.72 Å². The van der Waals surface area contributed by atoms with Crippen LogP contribution in [0.1, 0.15) is 33.1 Å². The summed E-state index contributed by atoms with van der Waals surface area (Å²) < 4.78 is 15.6. The van der Waals surface area contributed by atoms with E-state index in [-0.39, 0.29) is 6.10 Å². The van der Waals surface area contributed by atoms with E-state index in [1.54, 1.807) is 0 Å². The van der Waals surface area contributed by atoms with E-state index in [1.165, 1.54) is 14.2 Å². The van der Waals surface area contributed by atoms with E-state index >= 15 is 0 Å². The van der Waals surface area contributed by atoms with Gasteiger partial charge in [-0.25, -0.2) is 0 Å². The Bertz CT molecular complexity index is 167. The largest absolute Gasteiger partial charge is 0.326 e. The zero-order chi connectivity index (χ0) is 10.3. The molecule has 13 heavy (non-hydrogen) atoms. The first-order valence-corrected chi connectivity index (χ1v) is 7.03. The molecule has 0 amide bonds. The van der Waals surface area contributed by atoms with Gasteiger partial charge in [0, 0.05) is 14.2 Å². The van der Waals surface area contributed by atoms with Gasteiger partial charge < -0.3 is 13.6 Å². The molecule has 0 bridgehead atoms. The molecule has 0 spiro atoms. The van der Waals surface area contributed by atoms with Crippen molar-refractivity contribution in [3.8, 4) is 0 Å². The molecule has 0 N–H and O–H groups in total. The van der Waals surface area contributed by atoms with Crippen LogP contribution in [0, 0.1) is 0 Å². The minimum absolute atomic E-state index is 0.116. The molecule has 0 aromatic rings. The number of unbranched alkanes of at least 4 members (excludes halogenated alkanes) is 1.